The predicted molar refractivity (Wildman–Crippen MR) is 71.2 cm³/mol. The number of allylic oxidation sites excluding steroid dienone is 2. The molecule has 0 amide bonds. The number of hydrogen-bond donors (Lipinski definition) is 0. The van der Waals surface area contributed by atoms with E-state index in [1.54, 1.807) is 0 Å². The molecule has 2 rings (SSSR count). The maximum absolute atomic E-state index is 6.43. The molecule has 1 unspecified atom stereocenters. The van der Waals surface area contributed by atoms with Gasteiger partial charge in [0.15, 0.2) is 0 Å². The van der Waals surface area contributed by atoms with E-state index in [4.69, 9.17) is 29.3 Å². The maximum atomic E-state index is 6.43. The molecule has 0 N–H and O–H groups in total. The van der Waals surface area contributed by atoms with E-state index in [2.05, 4.69) is 12.2 Å². The summed E-state index contributed by atoms with van der Waals surface area (Å²) in [5, 5.41) is 0.831. The Balaban J connectivity index is 2.18. The van der Waals surface area contributed by atoms with Crippen LogP contribution < -0.4 is 0 Å². The number of hydrogen-bond acceptors (Lipinski definition) is 2. The van der Waals surface area contributed by atoms with Crippen LogP contribution in [-0.2, 0) is 9.31 Å². The zero-order valence-electron chi connectivity index (χ0n) is 10.1. The fraction of sp³-hybridized carbons (Fsp3) is 0.800. The van der Waals surface area contributed by atoms with Crippen LogP contribution in [-0.4, -0.2) is 29.7 Å². The Kier molecular flexibility index (Phi) is 3.26. The van der Waals surface area contributed by atoms with Gasteiger partial charge in [-0.3, -0.25) is 0 Å². The van der Waals surface area contributed by atoms with Gasteiger partial charge in [-0.25, -0.2) is 0 Å². The monoisotopic (exact) mass is 324 g/mol. The van der Waals surface area contributed by atoms with Gasteiger partial charge in [-0.05, 0) is 0 Å². The molecule has 2 aliphatic rings. The second-order valence-electron chi connectivity index (χ2n) is 5.54. The van der Waals surface area contributed by atoms with Gasteiger partial charge in [-0.2, -0.15) is 0 Å². The van der Waals surface area contributed by atoms with Gasteiger partial charge < -0.3 is 0 Å². The van der Waals surface area contributed by atoms with Crippen molar-refractivity contribution in [1.29, 1.82) is 0 Å². The van der Waals surface area contributed by atoms with Crippen LogP contribution in [0.5, 0.6) is 0 Å². The molecule has 0 aliphatic carbocycles. The SMILES string of the molecule is CC1(C)OB([CH]2C=C[CH2][Ge]2([Cl])[Cl])OC1(C)C. The Morgan fingerprint density at radius 3 is 2.06 bits per heavy atom. The van der Waals surface area contributed by atoms with Gasteiger partial charge in [0, 0.05) is 0 Å². The quantitative estimate of drug-likeness (QED) is 0.543. The Morgan fingerprint density at radius 1 is 1.19 bits per heavy atom. The van der Waals surface area contributed by atoms with Crippen molar-refractivity contribution in [2.45, 2.75) is 48.8 Å². The molecular formula is C10H17BCl2GeO2. The molecule has 0 aromatic rings. The van der Waals surface area contributed by atoms with Crippen molar-refractivity contribution in [3.8, 4) is 0 Å². The molecule has 0 radical (unpaired) electrons. The molecule has 0 spiro atoms. The van der Waals surface area contributed by atoms with Crippen LogP contribution in [0.3, 0.4) is 0 Å². The van der Waals surface area contributed by atoms with E-state index < -0.39 is 11.4 Å². The van der Waals surface area contributed by atoms with E-state index in [9.17, 15) is 0 Å². The minimum atomic E-state index is -2.79. The van der Waals surface area contributed by atoms with E-state index in [0.29, 0.717) is 0 Å². The van der Waals surface area contributed by atoms with Crippen LogP contribution in [0.15, 0.2) is 12.2 Å². The number of rotatable bonds is 1. The Labute approximate surface area is 109 Å². The standard InChI is InChI=1S/C10H17BCl2GeO2/c1-9(2)10(3,4)16-11(15-9)8-6-5-7-14(8,12)13/h5-6,8H,7H2,1-4H3. The predicted octanol–water partition coefficient (Wildman–Crippen LogP) is 3.48. The van der Waals surface area contributed by atoms with Gasteiger partial charge in [0.25, 0.3) is 0 Å². The molecular weight excluding hydrogens is 306 g/mol. The zero-order chi connectivity index (χ0) is 12.2. The van der Waals surface area contributed by atoms with Crippen LogP contribution in [0.2, 0.25) is 9.90 Å². The molecule has 6 heteroatoms. The summed E-state index contributed by atoms with van der Waals surface area (Å²) in [6.07, 6.45) is 4.14. The Hall–Kier alpha value is 0.848. The first-order valence-corrected chi connectivity index (χ1v) is 13.8. The van der Waals surface area contributed by atoms with Crippen LogP contribution >= 0.6 is 20.0 Å². The third-order valence-electron chi connectivity index (χ3n) is 3.79. The summed E-state index contributed by atoms with van der Waals surface area (Å²) < 4.78 is 12.1. The van der Waals surface area contributed by atoms with Gasteiger partial charge in [0.2, 0.25) is 0 Å². The molecule has 2 heterocycles. The molecule has 0 aromatic carbocycles. The van der Waals surface area contributed by atoms with E-state index in [0.717, 1.165) is 5.25 Å². The van der Waals surface area contributed by atoms with Gasteiger partial charge in [-0.15, -0.1) is 0 Å². The van der Waals surface area contributed by atoms with Gasteiger partial charge >= 0.3 is 109 Å². The molecule has 1 fully saturated rings. The van der Waals surface area contributed by atoms with Crippen molar-refractivity contribution in [2.24, 2.45) is 0 Å². The average molecular weight is 324 g/mol. The zero-order valence-corrected chi connectivity index (χ0v) is 13.7. The molecule has 0 bridgehead atoms. The van der Waals surface area contributed by atoms with Crippen LogP contribution in [0, 0.1) is 0 Å². The third kappa shape index (κ3) is 2.10. The van der Waals surface area contributed by atoms with Crippen LogP contribution in [0.4, 0.5) is 0 Å². The number of halogens is 2. The van der Waals surface area contributed by atoms with Crippen molar-refractivity contribution in [3.63, 3.8) is 0 Å². The summed E-state index contributed by atoms with van der Waals surface area (Å²) in [7, 11) is 12.6. The minimum absolute atomic E-state index is 0.0874. The second-order valence-corrected chi connectivity index (χ2v) is 19.0. The van der Waals surface area contributed by atoms with Crippen molar-refractivity contribution in [1.82, 2.24) is 0 Å². The molecule has 1 saturated heterocycles. The van der Waals surface area contributed by atoms with Crippen molar-refractivity contribution in [3.05, 3.63) is 12.2 Å². The molecule has 2 aliphatic heterocycles. The first kappa shape index (κ1) is 13.3. The second kappa shape index (κ2) is 3.92. The van der Waals surface area contributed by atoms with Crippen LogP contribution in [0.1, 0.15) is 27.7 Å². The first-order chi connectivity index (χ1) is 7.16. The van der Waals surface area contributed by atoms with Crippen molar-refractivity contribution < 1.29 is 9.31 Å². The van der Waals surface area contributed by atoms with Gasteiger partial charge in [-0.1, -0.05) is 0 Å². The summed E-state index contributed by atoms with van der Waals surface area (Å²) in [4.78, 5) is 0. The molecule has 90 valence electrons. The molecule has 1 atom stereocenters. The van der Waals surface area contributed by atoms with Crippen LogP contribution in [0.25, 0.3) is 0 Å². The van der Waals surface area contributed by atoms with E-state index >= 15 is 0 Å². The fourth-order valence-corrected chi connectivity index (χ4v) is 8.24. The van der Waals surface area contributed by atoms with Crippen molar-refractivity contribution >= 4 is 38.5 Å². The summed E-state index contributed by atoms with van der Waals surface area (Å²) in [6.45, 7) is 8.18. The van der Waals surface area contributed by atoms with E-state index in [1.807, 2.05) is 27.7 Å². The van der Waals surface area contributed by atoms with E-state index in [1.165, 1.54) is 0 Å². The third-order valence-corrected chi connectivity index (χ3v) is 12.7. The summed E-state index contributed by atoms with van der Waals surface area (Å²) >= 11 is -2.79. The Bertz CT molecular complexity index is 315. The van der Waals surface area contributed by atoms with Crippen molar-refractivity contribution in [2.75, 3.05) is 0 Å². The van der Waals surface area contributed by atoms with Gasteiger partial charge in [0.05, 0.1) is 0 Å². The summed E-state index contributed by atoms with van der Waals surface area (Å²) in [6, 6.07) is 0. The Morgan fingerprint density at radius 2 is 1.69 bits per heavy atom. The summed E-state index contributed by atoms with van der Waals surface area (Å²) in [5.41, 5.74) is -0.611. The summed E-state index contributed by atoms with van der Waals surface area (Å²) in [5.74, 6) is 0. The van der Waals surface area contributed by atoms with Gasteiger partial charge in [0.1, 0.15) is 0 Å². The normalized spacial score (nSPS) is 34.6. The van der Waals surface area contributed by atoms with E-state index in [-0.39, 0.29) is 23.0 Å². The average Bonchev–Trinajstić information content (AvgIpc) is 2.50. The first-order valence-electron chi connectivity index (χ1n) is 5.56. The molecule has 16 heavy (non-hydrogen) atoms. The fourth-order valence-electron chi connectivity index (χ4n) is 1.97. The molecule has 0 aromatic heterocycles. The molecule has 0 saturated carbocycles. The molecule has 2 nitrogen and oxygen atoms in total. The topological polar surface area (TPSA) is 18.5 Å².